The van der Waals surface area contributed by atoms with Gasteiger partial charge in [-0.15, -0.1) is 0 Å². The van der Waals surface area contributed by atoms with Gasteiger partial charge in [-0.3, -0.25) is 14.5 Å². The fourth-order valence-corrected chi connectivity index (χ4v) is 3.65. The van der Waals surface area contributed by atoms with Gasteiger partial charge in [0.05, 0.1) is 26.7 Å². The predicted octanol–water partition coefficient (Wildman–Crippen LogP) is 2.19. The molecule has 0 unspecified atom stereocenters. The second kappa shape index (κ2) is 10.3. The summed E-state index contributed by atoms with van der Waals surface area (Å²) in [6.45, 7) is 1.97. The van der Waals surface area contributed by atoms with Crippen LogP contribution in [0.2, 0.25) is 0 Å². The molecular weight excluding hydrogens is 401 g/mol. The molecule has 0 bridgehead atoms. The summed E-state index contributed by atoms with van der Waals surface area (Å²) in [4.78, 5) is 29.0. The van der Waals surface area contributed by atoms with Gasteiger partial charge in [-0.1, -0.05) is 18.2 Å². The van der Waals surface area contributed by atoms with Crippen molar-refractivity contribution in [2.24, 2.45) is 0 Å². The summed E-state index contributed by atoms with van der Waals surface area (Å²) in [7, 11) is 4.86. The van der Waals surface area contributed by atoms with Gasteiger partial charge in [-0.2, -0.15) is 0 Å². The van der Waals surface area contributed by atoms with Crippen molar-refractivity contribution in [3.63, 3.8) is 0 Å². The van der Waals surface area contributed by atoms with Crippen LogP contribution in [0.1, 0.15) is 17.5 Å². The number of carbonyl (C=O) groups excluding carboxylic acids is 2. The lowest BCUT2D eigenvalue weighted by Crippen LogP contribution is -2.56. The highest BCUT2D eigenvalue weighted by atomic mass is 19.1. The highest BCUT2D eigenvalue weighted by molar-refractivity contribution is 5.88. The Morgan fingerprint density at radius 2 is 1.94 bits per heavy atom. The van der Waals surface area contributed by atoms with Crippen molar-refractivity contribution in [3.05, 3.63) is 59.4 Å². The molecular formula is C23H28FN3O4. The van der Waals surface area contributed by atoms with E-state index in [0.29, 0.717) is 37.7 Å². The van der Waals surface area contributed by atoms with E-state index in [2.05, 4.69) is 5.32 Å². The molecule has 1 saturated heterocycles. The molecule has 2 aromatic carbocycles. The summed E-state index contributed by atoms with van der Waals surface area (Å²) < 4.78 is 23.8. The second-order valence-electron chi connectivity index (χ2n) is 7.54. The first-order valence-electron chi connectivity index (χ1n) is 10.1. The van der Waals surface area contributed by atoms with Gasteiger partial charge in [-0.05, 0) is 23.8 Å². The van der Waals surface area contributed by atoms with E-state index in [1.165, 1.54) is 12.1 Å². The first-order valence-corrected chi connectivity index (χ1v) is 10.1. The molecule has 31 heavy (non-hydrogen) atoms. The largest absolute Gasteiger partial charge is 0.497 e. The second-order valence-corrected chi connectivity index (χ2v) is 7.54. The minimum Gasteiger partial charge on any atom is -0.497 e. The van der Waals surface area contributed by atoms with Crippen molar-refractivity contribution < 1.29 is 23.5 Å². The lowest BCUT2D eigenvalue weighted by molar-refractivity contribution is -0.138. The van der Waals surface area contributed by atoms with E-state index in [-0.39, 0.29) is 24.1 Å². The van der Waals surface area contributed by atoms with Gasteiger partial charge >= 0.3 is 0 Å². The number of nitrogens with zero attached hydrogens (tertiary/aromatic N) is 2. The number of hydrogen-bond acceptors (Lipinski definition) is 5. The van der Waals surface area contributed by atoms with Crippen LogP contribution >= 0.6 is 0 Å². The normalized spacial score (nSPS) is 16.5. The van der Waals surface area contributed by atoms with Gasteiger partial charge < -0.3 is 19.7 Å². The summed E-state index contributed by atoms with van der Waals surface area (Å²) in [5.74, 6) is 0.719. The van der Waals surface area contributed by atoms with Crippen LogP contribution in [-0.4, -0.2) is 62.0 Å². The lowest BCUT2D eigenvalue weighted by atomic mass is 10.1. The maximum Gasteiger partial charge on any atom is 0.237 e. The summed E-state index contributed by atoms with van der Waals surface area (Å²) in [5, 5.41) is 2.85. The fourth-order valence-electron chi connectivity index (χ4n) is 3.65. The number of hydrogen-bond donors (Lipinski definition) is 1. The van der Waals surface area contributed by atoms with E-state index < -0.39 is 6.04 Å². The minimum atomic E-state index is -0.580. The summed E-state index contributed by atoms with van der Waals surface area (Å²) in [5.41, 5.74) is 1.74. The third-order valence-corrected chi connectivity index (χ3v) is 5.44. The van der Waals surface area contributed by atoms with E-state index in [9.17, 15) is 14.0 Å². The number of halogens is 1. The zero-order valence-corrected chi connectivity index (χ0v) is 18.1. The Kier molecular flexibility index (Phi) is 7.46. The molecule has 0 spiro atoms. The molecule has 0 aromatic heterocycles. The number of methoxy groups -OCH3 is 2. The van der Waals surface area contributed by atoms with Crippen molar-refractivity contribution >= 4 is 11.8 Å². The quantitative estimate of drug-likeness (QED) is 0.697. The number of benzene rings is 2. The van der Waals surface area contributed by atoms with E-state index >= 15 is 0 Å². The average Bonchev–Trinajstić information content (AvgIpc) is 2.77. The number of ether oxygens (including phenoxy) is 2. The van der Waals surface area contributed by atoms with Gasteiger partial charge in [-0.25, -0.2) is 4.39 Å². The van der Waals surface area contributed by atoms with Gasteiger partial charge in [0.15, 0.2) is 0 Å². The standard InChI is InChI=1S/C23H28FN3O4/c1-26(14-16-4-7-18(24)8-5-16)22(28)13-20-23(29)25-10-11-27(20)15-17-6-9-19(30-2)12-21(17)31-3/h4-9,12,20H,10-11,13-15H2,1-3H3,(H,25,29)/t20-/m1/s1. The minimum absolute atomic E-state index is 0.0575. The maximum absolute atomic E-state index is 13.1. The van der Waals surface area contributed by atoms with Gasteiger partial charge in [0.25, 0.3) is 0 Å². The molecule has 166 valence electrons. The monoisotopic (exact) mass is 429 g/mol. The van der Waals surface area contributed by atoms with E-state index in [1.807, 2.05) is 17.0 Å². The Labute approximate surface area is 181 Å². The third kappa shape index (κ3) is 5.73. The van der Waals surface area contributed by atoms with Crippen molar-refractivity contribution in [2.75, 3.05) is 34.4 Å². The molecule has 1 aliphatic heterocycles. The molecule has 8 heteroatoms. The van der Waals surface area contributed by atoms with E-state index in [0.717, 1.165) is 11.1 Å². The summed E-state index contributed by atoms with van der Waals surface area (Å²) in [6, 6.07) is 11.0. The molecule has 0 aliphatic carbocycles. The van der Waals surface area contributed by atoms with Crippen LogP contribution < -0.4 is 14.8 Å². The van der Waals surface area contributed by atoms with Gasteiger partial charge in [0.2, 0.25) is 11.8 Å². The number of nitrogens with one attached hydrogen (secondary N) is 1. The zero-order chi connectivity index (χ0) is 22.4. The maximum atomic E-state index is 13.1. The molecule has 0 saturated carbocycles. The fraction of sp³-hybridized carbons (Fsp3) is 0.391. The number of piperazine rings is 1. The highest BCUT2D eigenvalue weighted by Gasteiger charge is 2.33. The van der Waals surface area contributed by atoms with Crippen LogP contribution in [0, 0.1) is 5.82 Å². The Hall–Kier alpha value is -3.13. The van der Waals surface area contributed by atoms with Crippen LogP contribution in [0.25, 0.3) is 0 Å². The van der Waals surface area contributed by atoms with E-state index in [1.54, 1.807) is 44.4 Å². The lowest BCUT2D eigenvalue weighted by Gasteiger charge is -2.35. The summed E-state index contributed by atoms with van der Waals surface area (Å²) in [6.07, 6.45) is 0.0575. The first-order chi connectivity index (χ1) is 14.9. The van der Waals surface area contributed by atoms with Crippen molar-refractivity contribution in [1.82, 2.24) is 15.1 Å². The number of carbonyl (C=O) groups is 2. The topological polar surface area (TPSA) is 71.1 Å². The van der Waals surface area contributed by atoms with Crippen molar-refractivity contribution in [1.29, 1.82) is 0 Å². The van der Waals surface area contributed by atoms with Gasteiger partial charge in [0.1, 0.15) is 17.3 Å². The molecule has 2 aromatic rings. The third-order valence-electron chi connectivity index (χ3n) is 5.44. The molecule has 3 rings (SSSR count). The molecule has 1 heterocycles. The van der Waals surface area contributed by atoms with Crippen LogP contribution in [0.3, 0.4) is 0 Å². The SMILES string of the molecule is COc1ccc(CN2CCNC(=O)[C@H]2CC(=O)N(C)Cc2ccc(F)cc2)c(OC)c1. The predicted molar refractivity (Wildman–Crippen MR) is 114 cm³/mol. The Bertz CT molecular complexity index is 920. The molecule has 1 atom stereocenters. The van der Waals surface area contributed by atoms with Crippen molar-refractivity contribution in [2.45, 2.75) is 25.6 Å². The molecule has 1 aliphatic rings. The van der Waals surface area contributed by atoms with Crippen LogP contribution in [0.4, 0.5) is 4.39 Å². The van der Waals surface area contributed by atoms with Crippen molar-refractivity contribution in [3.8, 4) is 11.5 Å². The molecule has 1 N–H and O–H groups in total. The van der Waals surface area contributed by atoms with Crippen LogP contribution in [-0.2, 0) is 22.7 Å². The Morgan fingerprint density at radius 1 is 1.19 bits per heavy atom. The molecule has 0 radical (unpaired) electrons. The molecule has 7 nitrogen and oxygen atoms in total. The van der Waals surface area contributed by atoms with Gasteiger partial charge in [0, 0.05) is 44.9 Å². The van der Waals surface area contributed by atoms with Crippen LogP contribution in [0.15, 0.2) is 42.5 Å². The molecule has 2 amide bonds. The first kappa shape index (κ1) is 22.6. The Balaban J connectivity index is 1.69. The van der Waals surface area contributed by atoms with E-state index in [4.69, 9.17) is 9.47 Å². The highest BCUT2D eigenvalue weighted by Crippen LogP contribution is 2.27. The molecule has 1 fully saturated rings. The van der Waals surface area contributed by atoms with Crippen LogP contribution in [0.5, 0.6) is 11.5 Å². The smallest absolute Gasteiger partial charge is 0.237 e. The average molecular weight is 429 g/mol. The zero-order valence-electron chi connectivity index (χ0n) is 18.1. The number of rotatable bonds is 8. The number of amides is 2. The summed E-state index contributed by atoms with van der Waals surface area (Å²) >= 11 is 0. The Morgan fingerprint density at radius 3 is 2.61 bits per heavy atom.